The molecular weight excluding hydrogens is 467 g/mol. The Morgan fingerprint density at radius 1 is 1.21 bits per heavy atom. The molecule has 1 amide bonds. The van der Waals surface area contributed by atoms with Crippen molar-refractivity contribution in [2.75, 3.05) is 19.6 Å². The van der Waals surface area contributed by atoms with Crippen LogP contribution in [0, 0.1) is 6.92 Å². The van der Waals surface area contributed by atoms with Crippen LogP contribution in [0.25, 0.3) is 11.0 Å². The molecule has 3 N–H and O–H groups in total. The molecule has 1 heterocycles. The number of amides is 1. The quantitative estimate of drug-likeness (QED) is 0.236. The minimum atomic E-state index is -0.246. The van der Waals surface area contributed by atoms with Crippen LogP contribution in [0.5, 0.6) is 0 Å². The van der Waals surface area contributed by atoms with Crippen molar-refractivity contribution in [2.24, 2.45) is 4.99 Å². The zero-order valence-corrected chi connectivity index (χ0v) is 19.8. The number of hydrogen-bond donors (Lipinski definition) is 3. The number of nitrogens with one attached hydrogen (secondary N) is 3. The molecule has 0 aliphatic rings. The Morgan fingerprint density at radius 2 is 1.93 bits per heavy atom. The van der Waals surface area contributed by atoms with Gasteiger partial charge in [0.25, 0.3) is 0 Å². The number of aryl methyl sites for hydroxylation is 2. The maximum Gasteiger partial charge on any atom is 0.242 e. The number of para-hydroxylation sites is 2. The molecule has 2 rings (SSSR count). The van der Waals surface area contributed by atoms with E-state index in [0.717, 1.165) is 42.9 Å². The molecule has 0 atom stereocenters. The topological polar surface area (TPSA) is 83.3 Å². The van der Waals surface area contributed by atoms with Gasteiger partial charge in [-0.2, -0.15) is 0 Å². The summed E-state index contributed by atoms with van der Waals surface area (Å²) in [5, 5.41) is 9.38. The standard InChI is InChI=1S/C20H32N6O.HI/c1-6-21-19(23-14-18(27)25-20(3,4)5)22-12-9-13-26-15(2)24-16-10-7-8-11-17(16)26;/h7-8,10-11H,6,9,12-14H2,1-5H3,(H,25,27)(H2,21,22,23);1H. The van der Waals surface area contributed by atoms with E-state index in [1.54, 1.807) is 0 Å². The van der Waals surface area contributed by atoms with Gasteiger partial charge in [0.05, 0.1) is 11.0 Å². The lowest BCUT2D eigenvalue weighted by atomic mass is 10.1. The largest absolute Gasteiger partial charge is 0.357 e. The molecule has 8 heteroatoms. The summed E-state index contributed by atoms with van der Waals surface area (Å²) in [6.45, 7) is 12.4. The zero-order chi connectivity index (χ0) is 19.9. The van der Waals surface area contributed by atoms with Crippen molar-refractivity contribution in [3.8, 4) is 0 Å². The van der Waals surface area contributed by atoms with E-state index < -0.39 is 0 Å². The lowest BCUT2D eigenvalue weighted by molar-refractivity contribution is -0.121. The molecule has 1 aromatic carbocycles. The molecular formula is C20H33IN6O. The van der Waals surface area contributed by atoms with Crippen LogP contribution in [0.3, 0.4) is 0 Å². The van der Waals surface area contributed by atoms with Crippen LogP contribution >= 0.6 is 24.0 Å². The third kappa shape index (κ3) is 7.65. The van der Waals surface area contributed by atoms with E-state index in [-0.39, 0.29) is 42.0 Å². The lowest BCUT2D eigenvalue weighted by Gasteiger charge is -2.20. The van der Waals surface area contributed by atoms with Gasteiger partial charge in [-0.3, -0.25) is 4.79 Å². The second-order valence-electron chi connectivity index (χ2n) is 7.57. The molecule has 0 bridgehead atoms. The number of benzene rings is 1. The van der Waals surface area contributed by atoms with Gasteiger partial charge >= 0.3 is 0 Å². The Kier molecular flexibility index (Phi) is 9.71. The Balaban J connectivity index is 0.00000392. The highest BCUT2D eigenvalue weighted by Gasteiger charge is 2.13. The molecule has 7 nitrogen and oxygen atoms in total. The van der Waals surface area contributed by atoms with Crippen molar-refractivity contribution in [1.29, 1.82) is 0 Å². The number of guanidine groups is 1. The number of aromatic nitrogens is 2. The van der Waals surface area contributed by atoms with E-state index in [2.05, 4.69) is 36.6 Å². The van der Waals surface area contributed by atoms with Crippen molar-refractivity contribution < 1.29 is 4.79 Å². The van der Waals surface area contributed by atoms with Gasteiger partial charge in [-0.25, -0.2) is 9.98 Å². The normalized spacial score (nSPS) is 11.8. The van der Waals surface area contributed by atoms with Crippen LogP contribution in [0.4, 0.5) is 0 Å². The van der Waals surface area contributed by atoms with E-state index in [0.29, 0.717) is 5.96 Å². The predicted octanol–water partition coefficient (Wildman–Crippen LogP) is 2.82. The van der Waals surface area contributed by atoms with Gasteiger partial charge in [0.2, 0.25) is 5.91 Å². The Hall–Kier alpha value is -1.84. The second kappa shape index (κ2) is 11.2. The summed E-state index contributed by atoms with van der Waals surface area (Å²) in [4.78, 5) is 20.9. The van der Waals surface area contributed by atoms with Crippen LogP contribution in [-0.4, -0.2) is 46.6 Å². The zero-order valence-electron chi connectivity index (χ0n) is 17.5. The SMILES string of the molecule is CCNC(=NCC(=O)NC(C)(C)C)NCCCn1c(C)nc2ccccc21.I. The van der Waals surface area contributed by atoms with E-state index in [1.807, 2.05) is 52.8 Å². The van der Waals surface area contributed by atoms with Gasteiger partial charge in [-0.15, -0.1) is 24.0 Å². The highest BCUT2D eigenvalue weighted by molar-refractivity contribution is 14.0. The molecule has 0 fully saturated rings. The fraction of sp³-hybridized carbons (Fsp3) is 0.550. The predicted molar refractivity (Wildman–Crippen MR) is 126 cm³/mol. The molecule has 1 aromatic heterocycles. The Labute approximate surface area is 184 Å². The average Bonchev–Trinajstić information content (AvgIpc) is 2.90. The van der Waals surface area contributed by atoms with Gasteiger partial charge in [0.1, 0.15) is 12.4 Å². The fourth-order valence-electron chi connectivity index (χ4n) is 2.87. The van der Waals surface area contributed by atoms with Gasteiger partial charge in [0.15, 0.2) is 5.96 Å². The monoisotopic (exact) mass is 500 g/mol. The number of halogens is 1. The second-order valence-corrected chi connectivity index (χ2v) is 7.57. The Morgan fingerprint density at radius 3 is 2.61 bits per heavy atom. The number of carbonyl (C=O) groups is 1. The number of imidazole rings is 1. The number of rotatable bonds is 7. The first-order chi connectivity index (χ1) is 12.8. The third-order valence-corrected chi connectivity index (χ3v) is 3.94. The molecule has 28 heavy (non-hydrogen) atoms. The molecule has 0 aliphatic heterocycles. The van der Waals surface area contributed by atoms with Crippen molar-refractivity contribution in [3.05, 3.63) is 30.1 Å². The highest BCUT2D eigenvalue weighted by Crippen LogP contribution is 2.15. The maximum atomic E-state index is 11.9. The Bertz CT molecular complexity index is 794. The average molecular weight is 500 g/mol. The van der Waals surface area contributed by atoms with Crippen molar-refractivity contribution in [3.63, 3.8) is 0 Å². The van der Waals surface area contributed by atoms with Crippen molar-refractivity contribution >= 4 is 46.9 Å². The summed E-state index contributed by atoms with van der Waals surface area (Å²) in [5.74, 6) is 1.60. The van der Waals surface area contributed by atoms with Crippen LogP contribution < -0.4 is 16.0 Å². The summed E-state index contributed by atoms with van der Waals surface area (Å²) < 4.78 is 2.23. The van der Waals surface area contributed by atoms with Crippen LogP contribution in [0.15, 0.2) is 29.3 Å². The number of hydrogen-bond acceptors (Lipinski definition) is 3. The van der Waals surface area contributed by atoms with Crippen molar-refractivity contribution in [2.45, 2.75) is 53.1 Å². The first kappa shape index (κ1) is 24.2. The maximum absolute atomic E-state index is 11.9. The number of aliphatic imine (C=N–C) groups is 1. The van der Waals surface area contributed by atoms with Gasteiger partial charge < -0.3 is 20.5 Å². The summed E-state index contributed by atoms with van der Waals surface area (Å²) in [6.07, 6.45) is 0.930. The summed E-state index contributed by atoms with van der Waals surface area (Å²) >= 11 is 0. The number of fused-ring (bicyclic) bond motifs is 1. The molecule has 0 saturated carbocycles. The van der Waals surface area contributed by atoms with Crippen LogP contribution in [-0.2, 0) is 11.3 Å². The molecule has 0 saturated heterocycles. The van der Waals surface area contributed by atoms with E-state index >= 15 is 0 Å². The minimum absolute atomic E-state index is 0. The van der Waals surface area contributed by atoms with E-state index in [1.165, 1.54) is 0 Å². The van der Waals surface area contributed by atoms with Crippen LogP contribution in [0.2, 0.25) is 0 Å². The van der Waals surface area contributed by atoms with Crippen molar-refractivity contribution in [1.82, 2.24) is 25.5 Å². The first-order valence-corrected chi connectivity index (χ1v) is 9.55. The molecule has 0 spiro atoms. The minimum Gasteiger partial charge on any atom is -0.357 e. The fourth-order valence-corrected chi connectivity index (χ4v) is 2.87. The van der Waals surface area contributed by atoms with Gasteiger partial charge in [-0.1, -0.05) is 12.1 Å². The first-order valence-electron chi connectivity index (χ1n) is 9.55. The highest BCUT2D eigenvalue weighted by atomic mass is 127. The molecule has 0 unspecified atom stereocenters. The molecule has 0 aliphatic carbocycles. The smallest absolute Gasteiger partial charge is 0.242 e. The lowest BCUT2D eigenvalue weighted by Crippen LogP contribution is -2.43. The molecule has 0 radical (unpaired) electrons. The molecule has 156 valence electrons. The third-order valence-electron chi connectivity index (χ3n) is 3.94. The van der Waals surface area contributed by atoms with Gasteiger partial charge in [-0.05, 0) is 53.2 Å². The van der Waals surface area contributed by atoms with Crippen LogP contribution in [0.1, 0.15) is 39.9 Å². The number of carbonyl (C=O) groups excluding carboxylic acids is 1. The summed E-state index contributed by atoms with van der Waals surface area (Å²) in [6, 6.07) is 8.18. The molecule has 2 aromatic rings. The van der Waals surface area contributed by atoms with Gasteiger partial charge in [0, 0.05) is 25.2 Å². The summed E-state index contributed by atoms with van der Waals surface area (Å²) in [5.41, 5.74) is 1.95. The van der Waals surface area contributed by atoms with E-state index in [9.17, 15) is 4.79 Å². The summed E-state index contributed by atoms with van der Waals surface area (Å²) in [7, 11) is 0. The van der Waals surface area contributed by atoms with E-state index in [4.69, 9.17) is 0 Å². The number of nitrogens with zero attached hydrogens (tertiary/aromatic N) is 3.